The lowest BCUT2D eigenvalue weighted by Crippen LogP contribution is -2.08. The van der Waals surface area contributed by atoms with Crippen molar-refractivity contribution in [1.82, 2.24) is 0 Å². The molecule has 0 atom stereocenters. The summed E-state index contributed by atoms with van der Waals surface area (Å²) < 4.78 is 29.9. The zero-order valence-corrected chi connectivity index (χ0v) is 51.8. The number of aryl methyl sites for hydroxylation is 2. The van der Waals surface area contributed by atoms with E-state index in [0.29, 0.717) is 137 Å². The fourth-order valence-corrected chi connectivity index (χ4v) is 8.45. The molecule has 0 N–H and O–H groups in total. The van der Waals surface area contributed by atoms with Crippen molar-refractivity contribution in [2.45, 2.75) is 124 Å². The van der Waals surface area contributed by atoms with Gasteiger partial charge < -0.3 is 48.1 Å². The van der Waals surface area contributed by atoms with E-state index in [1.807, 2.05) is 18.2 Å². The summed E-state index contributed by atoms with van der Waals surface area (Å²) in [5, 5.41) is 11.1. The number of unbranched alkanes of at least 4 members (excludes halogenated alkanes) is 6. The molecule has 0 bridgehead atoms. The second kappa shape index (κ2) is 45.7. The van der Waals surface area contributed by atoms with Crippen LogP contribution in [0.5, 0.6) is 23.0 Å². The first-order valence-electron chi connectivity index (χ1n) is 29.7. The average molecular weight is 1230 g/mol. The Morgan fingerprint density at radius 1 is 0.427 bits per heavy atom. The molecule has 0 amide bonds. The highest BCUT2D eigenvalue weighted by atomic mass is 17.5. The highest BCUT2D eigenvalue weighted by Crippen LogP contribution is 2.38. The Morgan fingerprint density at radius 2 is 0.865 bits per heavy atom. The van der Waals surface area contributed by atoms with Gasteiger partial charge in [-0.15, -0.1) is 0 Å². The third-order valence-corrected chi connectivity index (χ3v) is 13.0. The van der Waals surface area contributed by atoms with Gasteiger partial charge in [-0.25, -0.2) is 9.59 Å². The molecule has 0 aliphatic carbocycles. The minimum absolute atomic E-state index is 0.275. The second-order valence-electron chi connectivity index (χ2n) is 19.6. The number of hydrogen-bond acceptors (Lipinski definition) is 19. The van der Waals surface area contributed by atoms with Crippen LogP contribution in [0.4, 0.5) is 0 Å². The number of carbonyl (C=O) groups is 2. The van der Waals surface area contributed by atoms with Gasteiger partial charge in [0.25, 0.3) is 0 Å². The molecule has 0 saturated carbocycles. The van der Waals surface area contributed by atoms with Crippen LogP contribution in [0.25, 0.3) is 22.9 Å². The van der Waals surface area contributed by atoms with Crippen molar-refractivity contribution in [2.24, 2.45) is 0 Å². The molecule has 4 rings (SSSR count). The summed E-state index contributed by atoms with van der Waals surface area (Å²) >= 11 is 0. The molecule has 19 heteroatoms. The number of benzene rings is 4. The van der Waals surface area contributed by atoms with E-state index in [9.17, 15) is 9.59 Å². The first-order chi connectivity index (χ1) is 43.5. The van der Waals surface area contributed by atoms with Crippen molar-refractivity contribution in [2.75, 3.05) is 52.9 Å². The van der Waals surface area contributed by atoms with Crippen molar-refractivity contribution in [3.63, 3.8) is 0 Å². The van der Waals surface area contributed by atoms with Crippen molar-refractivity contribution in [3.8, 4) is 23.0 Å². The van der Waals surface area contributed by atoms with Crippen molar-refractivity contribution in [1.29, 1.82) is 0 Å². The number of esters is 2. The van der Waals surface area contributed by atoms with Crippen molar-refractivity contribution >= 4 is 34.9 Å². The topological polar surface area (TPSA) is 191 Å². The Kier molecular flexibility index (Phi) is 37.4. The van der Waals surface area contributed by atoms with E-state index < -0.39 is 11.9 Å². The number of rotatable bonds is 51. The molecular weight excluding hydrogens is 1140 g/mol. The molecule has 0 unspecified atom stereocenters. The SMILES string of the molecule is C=C=C(C)OOCCCCOc1c(CCCCOOOC(C)=C=C)ccc(/C=C/C(=O)Oc2ccc3cc(OC(=O)/C=C/c4ccc(CCCCOOC=C)c(CCCCOOC=C)c4CCCCOOOC(C)=C=C)ccc3c2)c1OCCCCOC=C. The Labute approximate surface area is 523 Å². The molecule has 0 aliphatic heterocycles. The van der Waals surface area contributed by atoms with E-state index in [-0.39, 0.29) is 13.2 Å². The highest BCUT2D eigenvalue weighted by molar-refractivity contribution is 5.92. The molecule has 480 valence electrons. The number of carbonyl (C=O) groups excluding carboxylic acids is 2. The zero-order valence-electron chi connectivity index (χ0n) is 51.8. The van der Waals surface area contributed by atoms with Gasteiger partial charge in [0.2, 0.25) is 0 Å². The standard InChI is InChI=1S/C70H86O19/c1-10-54(7)85-80-49-27-26-46-74-69-59(29-17-21-50-81-88-86-55(8)11-2)34-35-60(70(69)75-45-25-24-44-73-13-4)39-43-68(72)84-64-41-37-61-52-63(40-36-62(61)53-64)83-67(71)42-38-58-33-32-57(28-16-20-47-78-76-14-5)65(30-18-22-48-79-77-15-6)66(58)31-19-23-51-82-89-87-56(9)12-3/h13-15,32-43,52-53H,1-6,16-31,44-51H2,7-9H3/b42-38+,43-39+. The van der Waals surface area contributed by atoms with Crippen LogP contribution in [0.1, 0.15) is 131 Å². The summed E-state index contributed by atoms with van der Waals surface area (Å²) in [4.78, 5) is 77.8. The number of ether oxygens (including phenoxy) is 5. The lowest BCUT2D eigenvalue weighted by molar-refractivity contribution is -0.495. The van der Waals surface area contributed by atoms with E-state index in [1.54, 1.807) is 69.3 Å². The Morgan fingerprint density at radius 3 is 1.42 bits per heavy atom. The van der Waals surface area contributed by atoms with Gasteiger partial charge in [0, 0.05) is 38.5 Å². The van der Waals surface area contributed by atoms with Crippen molar-refractivity contribution in [3.05, 3.63) is 199 Å². The summed E-state index contributed by atoms with van der Waals surface area (Å²) in [5.74, 6) is 1.63. The van der Waals surface area contributed by atoms with Gasteiger partial charge in [-0.2, -0.15) is 24.4 Å². The van der Waals surface area contributed by atoms with E-state index in [2.05, 4.69) is 62.7 Å². The maximum atomic E-state index is 13.5. The van der Waals surface area contributed by atoms with Crippen LogP contribution in [0.15, 0.2) is 166 Å². The summed E-state index contributed by atoms with van der Waals surface area (Å²) in [6.07, 6.45) is 21.7. The average Bonchev–Trinajstić information content (AvgIpc) is 1.54. The van der Waals surface area contributed by atoms with Gasteiger partial charge in [0.05, 0.1) is 59.1 Å². The monoisotopic (exact) mass is 1230 g/mol. The molecule has 0 aliphatic rings. The van der Waals surface area contributed by atoms with Crippen LogP contribution in [0.2, 0.25) is 0 Å². The van der Waals surface area contributed by atoms with Gasteiger partial charge in [-0.05, 0) is 188 Å². The van der Waals surface area contributed by atoms with E-state index >= 15 is 0 Å². The van der Waals surface area contributed by atoms with Crippen molar-refractivity contribution < 1.29 is 92.2 Å². The third kappa shape index (κ3) is 30.3. The minimum Gasteiger partial charge on any atom is -0.502 e. The fourth-order valence-electron chi connectivity index (χ4n) is 8.45. The van der Waals surface area contributed by atoms with Gasteiger partial charge in [0.15, 0.2) is 28.8 Å². The molecular formula is C70H86O19. The lowest BCUT2D eigenvalue weighted by atomic mass is 9.87. The van der Waals surface area contributed by atoms with Crippen LogP contribution in [-0.2, 0) is 99.0 Å². The Hall–Kier alpha value is -8.54. The van der Waals surface area contributed by atoms with E-state index in [4.69, 9.17) is 82.6 Å². The minimum atomic E-state index is -0.620. The predicted molar refractivity (Wildman–Crippen MR) is 336 cm³/mol. The first kappa shape index (κ1) is 72.9. The predicted octanol–water partition coefficient (Wildman–Crippen LogP) is 15.8. The quantitative estimate of drug-likeness (QED) is 0.00592. The van der Waals surface area contributed by atoms with E-state index in [1.165, 1.54) is 42.1 Å². The molecule has 89 heavy (non-hydrogen) atoms. The van der Waals surface area contributed by atoms with Crippen LogP contribution in [0, 0.1) is 0 Å². The van der Waals surface area contributed by atoms with Crippen LogP contribution in [0.3, 0.4) is 0 Å². The van der Waals surface area contributed by atoms with Gasteiger partial charge in [-0.3, -0.25) is 0 Å². The van der Waals surface area contributed by atoms with Crippen LogP contribution < -0.4 is 18.9 Å². The molecule has 4 aromatic carbocycles. The van der Waals surface area contributed by atoms with Crippen LogP contribution >= 0.6 is 0 Å². The van der Waals surface area contributed by atoms with Gasteiger partial charge >= 0.3 is 11.9 Å². The van der Waals surface area contributed by atoms with Crippen LogP contribution in [-0.4, -0.2) is 64.8 Å². The third-order valence-electron chi connectivity index (χ3n) is 13.0. The maximum Gasteiger partial charge on any atom is 0.336 e. The van der Waals surface area contributed by atoms with Gasteiger partial charge in [-0.1, -0.05) is 93.1 Å². The summed E-state index contributed by atoms with van der Waals surface area (Å²) in [7, 11) is 0. The molecule has 0 fully saturated rings. The zero-order chi connectivity index (χ0) is 63.9. The molecule has 19 nitrogen and oxygen atoms in total. The highest BCUT2D eigenvalue weighted by Gasteiger charge is 2.18. The molecule has 0 saturated heterocycles. The molecule has 0 heterocycles. The summed E-state index contributed by atoms with van der Waals surface area (Å²) in [6.45, 7) is 29.1. The maximum absolute atomic E-state index is 13.5. The number of allylic oxidation sites excluding steroid dienone is 3. The molecule has 4 aromatic rings. The molecule has 0 radical (unpaired) electrons. The Balaban J connectivity index is 1.51. The van der Waals surface area contributed by atoms with E-state index in [0.717, 1.165) is 78.8 Å². The summed E-state index contributed by atoms with van der Waals surface area (Å²) in [5.41, 5.74) is 13.7. The largest absolute Gasteiger partial charge is 0.502 e. The van der Waals surface area contributed by atoms with Gasteiger partial charge in [0.1, 0.15) is 24.0 Å². The fraction of sp³-hybridized carbons (Fsp3) is 0.386. The first-order valence-corrected chi connectivity index (χ1v) is 29.7. The number of fused-ring (bicyclic) bond motifs is 1. The second-order valence-corrected chi connectivity index (χ2v) is 19.6. The number of hydrogen-bond donors (Lipinski definition) is 0. The molecule has 0 aromatic heterocycles. The normalized spacial score (nSPS) is 10.8. The smallest absolute Gasteiger partial charge is 0.336 e. The molecule has 0 spiro atoms. The summed E-state index contributed by atoms with van der Waals surface area (Å²) in [6, 6.07) is 18.4. The Bertz CT molecular complexity index is 3030. The lowest BCUT2D eigenvalue weighted by Gasteiger charge is -2.19.